The Bertz CT molecular complexity index is 349. The average molecular weight is 236 g/mol. The molecular weight excluding hydrogens is 216 g/mol. The fourth-order valence-corrected chi connectivity index (χ4v) is 1.36. The molecule has 0 spiro atoms. The second-order valence-corrected chi connectivity index (χ2v) is 4.01. The molecule has 1 aromatic carbocycles. The predicted molar refractivity (Wildman–Crippen MR) is 68.9 cm³/mol. The van der Waals surface area contributed by atoms with E-state index in [9.17, 15) is 4.79 Å². The third kappa shape index (κ3) is 4.87. The zero-order valence-corrected chi connectivity index (χ0v) is 10.5. The Morgan fingerprint density at radius 3 is 2.59 bits per heavy atom. The highest BCUT2D eigenvalue weighted by molar-refractivity contribution is 5.89. The lowest BCUT2D eigenvalue weighted by Crippen LogP contribution is -2.20. The van der Waals surface area contributed by atoms with Crippen molar-refractivity contribution in [3.63, 3.8) is 0 Å². The van der Waals surface area contributed by atoms with Crippen LogP contribution in [0.4, 0.5) is 5.69 Å². The van der Waals surface area contributed by atoms with Gasteiger partial charge in [-0.25, -0.2) is 4.79 Å². The predicted octanol–water partition coefficient (Wildman–Crippen LogP) is 1.77. The summed E-state index contributed by atoms with van der Waals surface area (Å²) in [5, 5.41) is 0. The number of hydrogen-bond donors (Lipinski definition) is 1. The average Bonchev–Trinajstić information content (AvgIpc) is 2.34. The smallest absolute Gasteiger partial charge is 0.338 e. The molecule has 2 N–H and O–H groups in total. The van der Waals surface area contributed by atoms with Gasteiger partial charge in [0.1, 0.15) is 0 Å². The molecule has 0 fully saturated rings. The monoisotopic (exact) mass is 236 g/mol. The van der Waals surface area contributed by atoms with Gasteiger partial charge in [0.15, 0.2) is 0 Å². The highest BCUT2D eigenvalue weighted by Gasteiger charge is 2.06. The summed E-state index contributed by atoms with van der Waals surface area (Å²) in [4.78, 5) is 13.8. The van der Waals surface area contributed by atoms with Crippen LogP contribution in [0.3, 0.4) is 0 Å². The number of carbonyl (C=O) groups is 1. The van der Waals surface area contributed by atoms with Crippen molar-refractivity contribution >= 4 is 11.7 Å². The van der Waals surface area contributed by atoms with Gasteiger partial charge in [0, 0.05) is 12.2 Å². The summed E-state index contributed by atoms with van der Waals surface area (Å²) in [6.07, 6.45) is 0.852. The molecule has 0 atom stereocenters. The second kappa shape index (κ2) is 6.91. The van der Waals surface area contributed by atoms with Gasteiger partial charge < -0.3 is 15.4 Å². The Morgan fingerprint density at radius 1 is 1.35 bits per heavy atom. The molecule has 0 aliphatic rings. The highest BCUT2D eigenvalue weighted by Crippen LogP contribution is 2.07. The number of nitrogens with zero attached hydrogens (tertiary/aromatic N) is 1. The maximum atomic E-state index is 11.6. The van der Waals surface area contributed by atoms with Crippen molar-refractivity contribution < 1.29 is 9.53 Å². The van der Waals surface area contributed by atoms with E-state index >= 15 is 0 Å². The summed E-state index contributed by atoms with van der Waals surface area (Å²) < 4.78 is 5.16. The van der Waals surface area contributed by atoms with E-state index < -0.39 is 0 Å². The van der Waals surface area contributed by atoms with Crippen LogP contribution in [0.1, 0.15) is 23.7 Å². The van der Waals surface area contributed by atoms with Crippen LogP contribution in [0, 0.1) is 0 Å². The first kappa shape index (κ1) is 13.5. The minimum Gasteiger partial charge on any atom is -0.462 e. The van der Waals surface area contributed by atoms with Crippen molar-refractivity contribution in [3.8, 4) is 0 Å². The number of nitrogens with two attached hydrogens (primary N) is 1. The molecule has 0 bridgehead atoms. The molecule has 0 saturated heterocycles. The van der Waals surface area contributed by atoms with E-state index in [1.807, 2.05) is 7.05 Å². The van der Waals surface area contributed by atoms with E-state index in [1.165, 1.54) is 0 Å². The van der Waals surface area contributed by atoms with Crippen molar-refractivity contribution in [1.82, 2.24) is 4.90 Å². The maximum absolute atomic E-state index is 11.6. The van der Waals surface area contributed by atoms with Gasteiger partial charge in [-0.3, -0.25) is 0 Å². The third-order valence-electron chi connectivity index (χ3n) is 2.60. The topological polar surface area (TPSA) is 55.6 Å². The zero-order valence-electron chi connectivity index (χ0n) is 10.5. The Hall–Kier alpha value is -1.55. The van der Waals surface area contributed by atoms with E-state index in [0.717, 1.165) is 19.5 Å². The lowest BCUT2D eigenvalue weighted by Gasteiger charge is -2.13. The van der Waals surface area contributed by atoms with Gasteiger partial charge in [-0.15, -0.1) is 0 Å². The number of rotatable bonds is 6. The van der Waals surface area contributed by atoms with Crippen molar-refractivity contribution in [2.24, 2.45) is 0 Å². The molecule has 0 radical (unpaired) electrons. The molecule has 0 amide bonds. The molecule has 0 saturated carbocycles. The third-order valence-corrected chi connectivity index (χ3v) is 2.60. The number of anilines is 1. The van der Waals surface area contributed by atoms with E-state index in [-0.39, 0.29) is 5.97 Å². The summed E-state index contributed by atoms with van der Waals surface area (Å²) in [6.45, 7) is 4.49. The first-order valence-electron chi connectivity index (χ1n) is 5.84. The van der Waals surface area contributed by atoms with Crippen LogP contribution in [0.2, 0.25) is 0 Å². The molecular formula is C13H20N2O2. The minimum absolute atomic E-state index is 0.288. The minimum atomic E-state index is -0.288. The van der Waals surface area contributed by atoms with Crippen LogP contribution in [-0.2, 0) is 4.74 Å². The largest absolute Gasteiger partial charge is 0.462 e. The van der Waals surface area contributed by atoms with Gasteiger partial charge in [0.25, 0.3) is 0 Å². The van der Waals surface area contributed by atoms with Gasteiger partial charge >= 0.3 is 5.97 Å². The maximum Gasteiger partial charge on any atom is 0.338 e. The van der Waals surface area contributed by atoms with Crippen LogP contribution in [0.15, 0.2) is 24.3 Å². The number of hydrogen-bond acceptors (Lipinski definition) is 4. The molecule has 94 valence electrons. The Labute approximate surface area is 102 Å². The van der Waals surface area contributed by atoms with Crippen LogP contribution >= 0.6 is 0 Å². The quantitative estimate of drug-likeness (QED) is 0.464. The van der Waals surface area contributed by atoms with Crippen LogP contribution in [0.5, 0.6) is 0 Å². The fraction of sp³-hybridized carbons (Fsp3) is 0.462. The molecule has 0 aliphatic carbocycles. The molecule has 0 heterocycles. The number of nitrogen functional groups attached to an aromatic ring is 1. The number of ether oxygens (including phenoxy) is 1. The Morgan fingerprint density at radius 2 is 2.00 bits per heavy atom. The Kier molecular flexibility index (Phi) is 5.49. The van der Waals surface area contributed by atoms with E-state index in [0.29, 0.717) is 17.9 Å². The highest BCUT2D eigenvalue weighted by atomic mass is 16.5. The normalized spacial score (nSPS) is 10.5. The lowest BCUT2D eigenvalue weighted by molar-refractivity contribution is 0.0491. The summed E-state index contributed by atoms with van der Waals surface area (Å²) >= 11 is 0. The number of carbonyl (C=O) groups excluding carboxylic acids is 1. The number of benzene rings is 1. The van der Waals surface area contributed by atoms with Gasteiger partial charge in [-0.2, -0.15) is 0 Å². The lowest BCUT2D eigenvalue weighted by atomic mass is 10.2. The van der Waals surface area contributed by atoms with Gasteiger partial charge in [-0.05, 0) is 44.3 Å². The summed E-state index contributed by atoms with van der Waals surface area (Å²) in [5.74, 6) is -0.288. The van der Waals surface area contributed by atoms with Crippen molar-refractivity contribution in [3.05, 3.63) is 29.8 Å². The molecule has 4 heteroatoms. The van der Waals surface area contributed by atoms with Crippen LogP contribution in [0.25, 0.3) is 0 Å². The summed E-state index contributed by atoms with van der Waals surface area (Å²) in [6, 6.07) is 6.74. The first-order chi connectivity index (χ1) is 8.13. The molecule has 0 unspecified atom stereocenters. The van der Waals surface area contributed by atoms with Crippen molar-refractivity contribution in [2.75, 3.05) is 32.5 Å². The van der Waals surface area contributed by atoms with E-state index in [2.05, 4.69) is 11.8 Å². The van der Waals surface area contributed by atoms with Gasteiger partial charge in [0.2, 0.25) is 0 Å². The Balaban J connectivity index is 2.28. The standard InChI is InChI=1S/C13H20N2O2/c1-3-15(2)9-4-10-17-13(16)11-5-7-12(14)8-6-11/h5-8H,3-4,9-10,14H2,1-2H3. The SMILES string of the molecule is CCN(C)CCCOC(=O)c1ccc(N)cc1. The van der Waals surface area contributed by atoms with Gasteiger partial charge in [-0.1, -0.05) is 6.92 Å². The number of esters is 1. The molecule has 1 rings (SSSR count). The first-order valence-corrected chi connectivity index (χ1v) is 5.84. The molecule has 1 aromatic rings. The zero-order chi connectivity index (χ0) is 12.7. The van der Waals surface area contributed by atoms with Crippen molar-refractivity contribution in [2.45, 2.75) is 13.3 Å². The van der Waals surface area contributed by atoms with Crippen LogP contribution in [-0.4, -0.2) is 37.6 Å². The van der Waals surface area contributed by atoms with Crippen LogP contribution < -0.4 is 5.73 Å². The van der Waals surface area contributed by atoms with Crippen molar-refractivity contribution in [1.29, 1.82) is 0 Å². The van der Waals surface area contributed by atoms with Gasteiger partial charge in [0.05, 0.1) is 12.2 Å². The molecule has 0 aromatic heterocycles. The summed E-state index contributed by atoms with van der Waals surface area (Å²) in [7, 11) is 2.04. The molecule has 0 aliphatic heterocycles. The molecule has 17 heavy (non-hydrogen) atoms. The fourth-order valence-electron chi connectivity index (χ4n) is 1.36. The molecule has 4 nitrogen and oxygen atoms in total. The summed E-state index contributed by atoms with van der Waals surface area (Å²) in [5.41, 5.74) is 6.73. The second-order valence-electron chi connectivity index (χ2n) is 4.01. The van der Waals surface area contributed by atoms with E-state index in [1.54, 1.807) is 24.3 Å². The van der Waals surface area contributed by atoms with E-state index in [4.69, 9.17) is 10.5 Å².